The van der Waals surface area contributed by atoms with Gasteiger partial charge in [0, 0.05) is 13.0 Å². The Morgan fingerprint density at radius 2 is 2.00 bits per heavy atom. The fourth-order valence-corrected chi connectivity index (χ4v) is 3.83. The zero-order chi connectivity index (χ0) is 23.1. The molecule has 32 heavy (non-hydrogen) atoms. The molecule has 9 heteroatoms. The average molecular weight is 447 g/mol. The summed E-state index contributed by atoms with van der Waals surface area (Å²) in [7, 11) is 1.65. The second-order valence-corrected chi connectivity index (χ2v) is 9.10. The number of methoxy groups -OCH3 is 1. The number of nitrogens with one attached hydrogen (secondary N) is 2. The molecule has 1 aromatic carbocycles. The Morgan fingerprint density at radius 3 is 2.69 bits per heavy atom. The third kappa shape index (κ3) is 6.85. The molecule has 2 aliphatic heterocycles. The highest BCUT2D eigenvalue weighted by molar-refractivity contribution is 6.39. The van der Waals surface area contributed by atoms with Gasteiger partial charge in [0.2, 0.25) is 0 Å². The van der Waals surface area contributed by atoms with Crippen molar-refractivity contribution in [2.45, 2.75) is 57.8 Å². The fraction of sp³-hybridized carbons (Fsp3) is 0.609. The van der Waals surface area contributed by atoms with E-state index in [1.165, 1.54) is 0 Å². The molecule has 1 fully saturated rings. The minimum Gasteiger partial charge on any atom is -0.497 e. The number of amides is 2. The Kier molecular flexibility index (Phi) is 7.95. The molecule has 2 N–H and O–H groups in total. The summed E-state index contributed by atoms with van der Waals surface area (Å²) in [5.41, 5.74) is 0.860. The summed E-state index contributed by atoms with van der Waals surface area (Å²) < 4.78 is 10.6. The van der Waals surface area contributed by atoms with E-state index in [0.29, 0.717) is 18.7 Å². The van der Waals surface area contributed by atoms with Gasteiger partial charge in [-0.2, -0.15) is 0 Å². The van der Waals surface area contributed by atoms with Crippen LogP contribution in [0.3, 0.4) is 0 Å². The predicted molar refractivity (Wildman–Crippen MR) is 121 cm³/mol. The lowest BCUT2D eigenvalue weighted by Crippen LogP contribution is -2.40. The number of rotatable bonds is 8. The number of ether oxygens (including phenoxy) is 2. The monoisotopic (exact) mass is 446 g/mol. The quantitative estimate of drug-likeness (QED) is 0.637. The lowest BCUT2D eigenvalue weighted by atomic mass is 10.0. The van der Waals surface area contributed by atoms with Gasteiger partial charge < -0.3 is 24.9 Å². The first kappa shape index (κ1) is 23.8. The second kappa shape index (κ2) is 10.7. The first-order valence-corrected chi connectivity index (χ1v) is 11.1. The zero-order valence-corrected chi connectivity index (χ0v) is 19.3. The van der Waals surface area contributed by atoms with Crippen molar-refractivity contribution < 1.29 is 23.9 Å². The minimum atomic E-state index is -0.573. The third-order valence-electron chi connectivity index (χ3n) is 5.38. The topological polar surface area (TPSA) is 101 Å². The molecule has 1 aromatic rings. The Hall–Kier alpha value is -2.81. The summed E-state index contributed by atoms with van der Waals surface area (Å²) in [6, 6.07) is 8.02. The molecule has 0 radical (unpaired) electrons. The number of likely N-dealkylation sites (tertiary alicyclic amines) is 1. The van der Waals surface area contributed by atoms with Gasteiger partial charge in [-0.25, -0.2) is 4.79 Å². The lowest BCUT2D eigenvalue weighted by molar-refractivity contribution is -0.115. The van der Waals surface area contributed by atoms with Crippen molar-refractivity contribution in [3.8, 4) is 5.75 Å². The van der Waals surface area contributed by atoms with Gasteiger partial charge in [-0.3, -0.25) is 9.69 Å². The second-order valence-electron chi connectivity index (χ2n) is 9.10. The maximum absolute atomic E-state index is 12.7. The Morgan fingerprint density at radius 1 is 1.25 bits per heavy atom. The van der Waals surface area contributed by atoms with Crippen LogP contribution < -0.4 is 15.4 Å². The predicted octanol–water partition coefficient (Wildman–Crippen LogP) is 2.62. The largest absolute Gasteiger partial charge is 0.497 e. The van der Waals surface area contributed by atoms with Crippen LogP contribution in [0.15, 0.2) is 29.4 Å². The van der Waals surface area contributed by atoms with Crippen LogP contribution >= 0.6 is 0 Å². The number of carbonyl (C=O) groups is 2. The molecule has 176 valence electrons. The van der Waals surface area contributed by atoms with E-state index in [2.05, 4.69) is 26.8 Å². The molecule has 9 nitrogen and oxygen atoms in total. The van der Waals surface area contributed by atoms with Crippen LogP contribution in [0.4, 0.5) is 4.79 Å². The molecular formula is C23H34N4O5. The van der Waals surface area contributed by atoms with Gasteiger partial charge in [-0.05, 0) is 64.4 Å². The smallest absolute Gasteiger partial charge is 0.407 e. The van der Waals surface area contributed by atoms with Crippen LogP contribution in [-0.2, 0) is 14.4 Å². The molecule has 2 amide bonds. The number of hydrogen-bond donors (Lipinski definition) is 2. The molecule has 0 aromatic heterocycles. The summed E-state index contributed by atoms with van der Waals surface area (Å²) in [4.78, 5) is 32.2. The summed E-state index contributed by atoms with van der Waals surface area (Å²) in [6.07, 6.45) is 1.72. The third-order valence-corrected chi connectivity index (χ3v) is 5.38. The minimum absolute atomic E-state index is 0.0594. The van der Waals surface area contributed by atoms with E-state index >= 15 is 0 Å². The fourth-order valence-electron chi connectivity index (χ4n) is 3.83. The summed E-state index contributed by atoms with van der Waals surface area (Å²) in [6.45, 7) is 8.07. The number of oxime groups is 1. The van der Waals surface area contributed by atoms with Crippen molar-refractivity contribution in [2.24, 2.45) is 5.16 Å². The number of alkyl carbamates (subject to hydrolysis) is 1. The maximum atomic E-state index is 12.7. The summed E-state index contributed by atoms with van der Waals surface area (Å²) in [5.74, 6) is 0.545. The van der Waals surface area contributed by atoms with Crippen molar-refractivity contribution >= 4 is 17.7 Å². The van der Waals surface area contributed by atoms with E-state index in [4.69, 9.17) is 14.3 Å². The average Bonchev–Trinajstić information content (AvgIpc) is 3.44. The number of carbonyl (C=O) groups excluding carboxylic acids is 2. The van der Waals surface area contributed by atoms with Crippen molar-refractivity contribution in [1.82, 2.24) is 15.5 Å². The highest BCUT2D eigenvalue weighted by atomic mass is 16.6. The van der Waals surface area contributed by atoms with Gasteiger partial charge in [0.1, 0.15) is 17.1 Å². The van der Waals surface area contributed by atoms with Crippen LogP contribution in [0.2, 0.25) is 0 Å². The van der Waals surface area contributed by atoms with Crippen LogP contribution in [-0.4, -0.2) is 67.6 Å². The molecule has 2 heterocycles. The lowest BCUT2D eigenvalue weighted by Gasteiger charge is -2.28. The molecule has 3 rings (SSSR count). The molecule has 2 aliphatic rings. The van der Waals surface area contributed by atoms with Gasteiger partial charge in [-0.15, -0.1) is 0 Å². The first-order valence-electron chi connectivity index (χ1n) is 11.1. The maximum Gasteiger partial charge on any atom is 0.407 e. The van der Waals surface area contributed by atoms with Crippen molar-refractivity contribution in [1.29, 1.82) is 0 Å². The van der Waals surface area contributed by atoms with Crippen LogP contribution in [0, 0.1) is 0 Å². The van der Waals surface area contributed by atoms with E-state index in [9.17, 15) is 9.59 Å². The zero-order valence-electron chi connectivity index (χ0n) is 19.3. The summed E-state index contributed by atoms with van der Waals surface area (Å²) in [5, 5.41) is 9.58. The van der Waals surface area contributed by atoms with Gasteiger partial charge in [0.15, 0.2) is 6.10 Å². The Bertz CT molecular complexity index is 830. The molecule has 0 bridgehead atoms. The van der Waals surface area contributed by atoms with Crippen molar-refractivity contribution in [3.05, 3.63) is 29.8 Å². The highest BCUT2D eigenvalue weighted by Gasteiger charge is 2.29. The Labute approximate surface area is 189 Å². The van der Waals surface area contributed by atoms with E-state index in [0.717, 1.165) is 37.2 Å². The van der Waals surface area contributed by atoms with E-state index in [-0.39, 0.29) is 18.5 Å². The standard InChI is InChI=1S/C23H34N4O5/c1-23(2,3)31-22(29)25-14-18-13-19(26-32-18)21(28)24-15-20(27-10-5-6-11-27)16-8-7-9-17(12-16)30-4/h7-9,12,18,20H,5-6,10-11,13-15H2,1-4H3,(H,24,28)(H,25,29)/t18-,20+/m0/s1. The van der Waals surface area contributed by atoms with E-state index in [1.807, 2.05) is 18.2 Å². The SMILES string of the molecule is COc1cccc([C@@H](CNC(=O)C2=NO[C@H](CNC(=O)OC(C)(C)C)C2)N2CCCC2)c1. The number of nitrogens with zero attached hydrogens (tertiary/aromatic N) is 2. The first-order chi connectivity index (χ1) is 15.2. The van der Waals surface area contributed by atoms with Gasteiger partial charge in [-0.1, -0.05) is 17.3 Å². The molecule has 0 aliphatic carbocycles. The molecule has 2 atom stereocenters. The molecule has 0 unspecified atom stereocenters. The van der Waals surface area contributed by atoms with Crippen LogP contribution in [0.1, 0.15) is 51.6 Å². The highest BCUT2D eigenvalue weighted by Crippen LogP contribution is 2.27. The molecular weight excluding hydrogens is 412 g/mol. The van der Waals surface area contributed by atoms with Crippen molar-refractivity contribution in [2.75, 3.05) is 33.3 Å². The van der Waals surface area contributed by atoms with Gasteiger partial charge >= 0.3 is 6.09 Å². The molecule has 0 spiro atoms. The van der Waals surface area contributed by atoms with Gasteiger partial charge in [0.05, 0.1) is 19.7 Å². The normalized spacial score (nSPS) is 19.6. The number of benzene rings is 1. The van der Waals surface area contributed by atoms with Crippen LogP contribution in [0.25, 0.3) is 0 Å². The Balaban J connectivity index is 1.51. The van der Waals surface area contributed by atoms with Gasteiger partial charge in [0.25, 0.3) is 5.91 Å². The molecule has 1 saturated heterocycles. The summed E-state index contributed by atoms with van der Waals surface area (Å²) >= 11 is 0. The van der Waals surface area contributed by atoms with E-state index < -0.39 is 17.8 Å². The molecule has 0 saturated carbocycles. The number of hydrogen-bond acceptors (Lipinski definition) is 7. The van der Waals surface area contributed by atoms with Crippen molar-refractivity contribution in [3.63, 3.8) is 0 Å². The van der Waals surface area contributed by atoms with Crippen LogP contribution in [0.5, 0.6) is 5.75 Å². The van der Waals surface area contributed by atoms with E-state index in [1.54, 1.807) is 27.9 Å².